The Hall–Kier alpha value is -2.68. The summed E-state index contributed by atoms with van der Waals surface area (Å²) in [5.74, 6) is -1.10. The minimum absolute atomic E-state index is 0.00152. The van der Waals surface area contributed by atoms with Crippen molar-refractivity contribution in [3.63, 3.8) is 0 Å². The highest BCUT2D eigenvalue weighted by atomic mass is 16.4. The van der Waals surface area contributed by atoms with Gasteiger partial charge in [-0.3, -0.25) is 4.98 Å². The fraction of sp³-hybridized carbons (Fsp3) is 0.0909. The van der Waals surface area contributed by atoms with E-state index in [1.807, 2.05) is 6.07 Å². The lowest BCUT2D eigenvalue weighted by Gasteiger charge is -1.96. The number of pyridine rings is 1. The SMILES string of the molecule is N#CCn1nc(-c2ccncc2)cc1C(=O)O. The first-order chi connectivity index (χ1) is 8.22. The van der Waals surface area contributed by atoms with Crippen molar-refractivity contribution in [1.29, 1.82) is 5.26 Å². The summed E-state index contributed by atoms with van der Waals surface area (Å²) in [5, 5.41) is 21.6. The molecule has 0 aliphatic heterocycles. The van der Waals surface area contributed by atoms with Crippen molar-refractivity contribution in [2.45, 2.75) is 6.54 Å². The minimum atomic E-state index is -1.10. The van der Waals surface area contributed by atoms with Crippen molar-refractivity contribution in [2.75, 3.05) is 0 Å². The molecular weight excluding hydrogens is 220 g/mol. The molecule has 0 unspecified atom stereocenters. The highest BCUT2D eigenvalue weighted by Gasteiger charge is 2.14. The van der Waals surface area contributed by atoms with E-state index >= 15 is 0 Å². The van der Waals surface area contributed by atoms with Gasteiger partial charge in [-0.25, -0.2) is 9.48 Å². The molecule has 6 heteroatoms. The van der Waals surface area contributed by atoms with Crippen LogP contribution in [0.5, 0.6) is 0 Å². The van der Waals surface area contributed by atoms with E-state index in [0.29, 0.717) is 5.69 Å². The van der Waals surface area contributed by atoms with Gasteiger partial charge in [0.25, 0.3) is 0 Å². The maximum absolute atomic E-state index is 11.0. The number of aromatic nitrogens is 3. The van der Waals surface area contributed by atoms with E-state index in [1.54, 1.807) is 24.5 Å². The summed E-state index contributed by atoms with van der Waals surface area (Å²) in [4.78, 5) is 14.8. The number of carboxylic acid groups (broad SMARTS) is 1. The summed E-state index contributed by atoms with van der Waals surface area (Å²) in [6.07, 6.45) is 3.19. The maximum atomic E-state index is 11.0. The Labute approximate surface area is 96.8 Å². The number of rotatable bonds is 3. The van der Waals surface area contributed by atoms with Crippen LogP contribution in [0.15, 0.2) is 30.6 Å². The van der Waals surface area contributed by atoms with E-state index in [0.717, 1.165) is 10.2 Å². The molecule has 0 aromatic carbocycles. The fourth-order valence-electron chi connectivity index (χ4n) is 1.44. The van der Waals surface area contributed by atoms with E-state index in [4.69, 9.17) is 10.4 Å². The van der Waals surface area contributed by atoms with Crippen molar-refractivity contribution in [2.24, 2.45) is 0 Å². The second-order valence-corrected chi connectivity index (χ2v) is 3.27. The third-order valence-corrected chi connectivity index (χ3v) is 2.20. The van der Waals surface area contributed by atoms with Crippen LogP contribution in [0.25, 0.3) is 11.3 Å². The summed E-state index contributed by atoms with van der Waals surface area (Å²) in [6, 6.07) is 6.76. The summed E-state index contributed by atoms with van der Waals surface area (Å²) >= 11 is 0. The van der Waals surface area contributed by atoms with Crippen molar-refractivity contribution in [1.82, 2.24) is 14.8 Å². The van der Waals surface area contributed by atoms with Gasteiger partial charge in [0.05, 0.1) is 11.8 Å². The average molecular weight is 228 g/mol. The van der Waals surface area contributed by atoms with Gasteiger partial charge < -0.3 is 5.11 Å². The Kier molecular flexibility index (Phi) is 2.83. The minimum Gasteiger partial charge on any atom is -0.477 e. The predicted octanol–water partition coefficient (Wildman–Crippen LogP) is 1.17. The second-order valence-electron chi connectivity index (χ2n) is 3.27. The smallest absolute Gasteiger partial charge is 0.354 e. The van der Waals surface area contributed by atoms with Gasteiger partial charge in [0, 0.05) is 18.0 Å². The molecule has 0 spiro atoms. The third-order valence-electron chi connectivity index (χ3n) is 2.20. The average Bonchev–Trinajstić information content (AvgIpc) is 2.75. The van der Waals surface area contributed by atoms with Crippen LogP contribution in [0.1, 0.15) is 10.5 Å². The molecule has 2 rings (SSSR count). The summed E-state index contributed by atoms with van der Waals surface area (Å²) in [6.45, 7) is -0.0906. The molecule has 0 fully saturated rings. The molecule has 6 nitrogen and oxygen atoms in total. The Balaban J connectivity index is 2.48. The molecule has 0 aliphatic rings. The van der Waals surface area contributed by atoms with Crippen LogP contribution in [0.3, 0.4) is 0 Å². The first-order valence-corrected chi connectivity index (χ1v) is 4.81. The number of hydrogen-bond acceptors (Lipinski definition) is 4. The topological polar surface area (TPSA) is 91.8 Å². The lowest BCUT2D eigenvalue weighted by Crippen LogP contribution is -2.08. The molecule has 0 bridgehead atoms. The number of aromatic carboxylic acids is 1. The zero-order chi connectivity index (χ0) is 12.3. The number of hydrogen-bond donors (Lipinski definition) is 1. The quantitative estimate of drug-likeness (QED) is 0.851. The third kappa shape index (κ3) is 2.13. The number of carbonyl (C=O) groups is 1. The number of nitriles is 1. The summed E-state index contributed by atoms with van der Waals surface area (Å²) < 4.78 is 1.16. The van der Waals surface area contributed by atoms with Crippen LogP contribution in [0, 0.1) is 11.3 Å². The van der Waals surface area contributed by atoms with Gasteiger partial charge >= 0.3 is 5.97 Å². The van der Waals surface area contributed by atoms with Gasteiger partial charge in [0.1, 0.15) is 12.2 Å². The van der Waals surface area contributed by atoms with E-state index in [9.17, 15) is 4.79 Å². The van der Waals surface area contributed by atoms with Gasteiger partial charge in [0.2, 0.25) is 0 Å². The molecule has 0 aliphatic carbocycles. The van der Waals surface area contributed by atoms with Gasteiger partial charge in [0.15, 0.2) is 0 Å². The molecule has 2 aromatic heterocycles. The van der Waals surface area contributed by atoms with Crippen molar-refractivity contribution in [3.05, 3.63) is 36.3 Å². The van der Waals surface area contributed by atoms with Crippen LogP contribution < -0.4 is 0 Å². The monoisotopic (exact) mass is 228 g/mol. The second kappa shape index (κ2) is 4.45. The molecule has 0 saturated heterocycles. The predicted molar refractivity (Wildman–Crippen MR) is 58.0 cm³/mol. The molecule has 17 heavy (non-hydrogen) atoms. The van der Waals surface area contributed by atoms with Crippen molar-refractivity contribution in [3.8, 4) is 17.3 Å². The summed E-state index contributed by atoms with van der Waals surface area (Å²) in [7, 11) is 0. The number of nitrogens with zero attached hydrogens (tertiary/aromatic N) is 4. The van der Waals surface area contributed by atoms with Gasteiger partial charge in [-0.15, -0.1) is 0 Å². The zero-order valence-electron chi connectivity index (χ0n) is 8.74. The Morgan fingerprint density at radius 2 is 2.18 bits per heavy atom. The number of carboxylic acids is 1. The molecule has 0 saturated carbocycles. The van der Waals surface area contributed by atoms with Crippen LogP contribution in [0.4, 0.5) is 0 Å². The summed E-state index contributed by atoms with van der Waals surface area (Å²) in [5.41, 5.74) is 1.28. The Morgan fingerprint density at radius 3 is 2.76 bits per heavy atom. The van der Waals surface area contributed by atoms with E-state index in [1.165, 1.54) is 6.07 Å². The molecule has 0 amide bonds. The van der Waals surface area contributed by atoms with Crippen LogP contribution in [-0.4, -0.2) is 25.8 Å². The van der Waals surface area contributed by atoms with Gasteiger partial charge in [-0.2, -0.15) is 10.4 Å². The molecule has 0 radical (unpaired) electrons. The zero-order valence-corrected chi connectivity index (χ0v) is 8.74. The van der Waals surface area contributed by atoms with E-state index < -0.39 is 5.97 Å². The Morgan fingerprint density at radius 1 is 1.47 bits per heavy atom. The molecule has 84 valence electrons. The molecule has 1 N–H and O–H groups in total. The van der Waals surface area contributed by atoms with Crippen LogP contribution >= 0.6 is 0 Å². The first-order valence-electron chi connectivity index (χ1n) is 4.81. The van der Waals surface area contributed by atoms with E-state index in [2.05, 4.69) is 10.1 Å². The van der Waals surface area contributed by atoms with Crippen LogP contribution in [-0.2, 0) is 6.54 Å². The molecule has 2 heterocycles. The normalized spacial score (nSPS) is 9.82. The van der Waals surface area contributed by atoms with Crippen molar-refractivity contribution < 1.29 is 9.90 Å². The fourth-order valence-corrected chi connectivity index (χ4v) is 1.44. The highest BCUT2D eigenvalue weighted by molar-refractivity contribution is 5.87. The van der Waals surface area contributed by atoms with Gasteiger partial charge in [-0.1, -0.05) is 0 Å². The molecule has 0 atom stereocenters. The molecule has 2 aromatic rings. The Bertz CT molecular complexity index is 583. The van der Waals surface area contributed by atoms with Crippen LogP contribution in [0.2, 0.25) is 0 Å². The first kappa shape index (κ1) is 10.8. The maximum Gasteiger partial charge on any atom is 0.354 e. The lowest BCUT2D eigenvalue weighted by atomic mass is 10.2. The standard InChI is InChI=1S/C11H8N4O2/c12-3-6-15-10(11(16)17)7-9(14-15)8-1-4-13-5-2-8/h1-2,4-5,7H,6H2,(H,16,17). The lowest BCUT2D eigenvalue weighted by molar-refractivity contribution is 0.0684. The van der Waals surface area contributed by atoms with E-state index in [-0.39, 0.29) is 12.2 Å². The largest absolute Gasteiger partial charge is 0.477 e. The van der Waals surface area contributed by atoms with Crippen molar-refractivity contribution >= 4 is 5.97 Å². The molecular formula is C11H8N4O2. The highest BCUT2D eigenvalue weighted by Crippen LogP contribution is 2.18. The van der Waals surface area contributed by atoms with Gasteiger partial charge in [-0.05, 0) is 18.2 Å².